The lowest BCUT2D eigenvalue weighted by molar-refractivity contribution is 0.0983. The van der Waals surface area contributed by atoms with Gasteiger partial charge in [-0.1, -0.05) is 54.6 Å². The topological polar surface area (TPSA) is 32.9 Å². The lowest BCUT2D eigenvalue weighted by Gasteiger charge is -2.03. The first kappa shape index (κ1) is 13.8. The molecule has 0 spiro atoms. The Hall–Kier alpha value is -2.87. The Balaban J connectivity index is 1.55. The zero-order chi connectivity index (χ0) is 15.6. The first-order valence-corrected chi connectivity index (χ1v) is 7.88. The lowest BCUT2D eigenvalue weighted by Crippen LogP contribution is -2.01. The van der Waals surface area contributed by atoms with E-state index in [0.29, 0.717) is 6.42 Å². The Labute approximate surface area is 134 Å². The first-order valence-electron chi connectivity index (χ1n) is 7.88. The number of carbonyl (C=O) groups excluding carboxylic acids is 1. The zero-order valence-corrected chi connectivity index (χ0v) is 12.8. The second-order valence-corrected chi connectivity index (χ2v) is 5.84. The van der Waals surface area contributed by atoms with E-state index in [1.807, 2.05) is 54.7 Å². The molecule has 2 nitrogen and oxygen atoms in total. The highest BCUT2D eigenvalue weighted by molar-refractivity contribution is 6.00. The molecule has 0 aliphatic carbocycles. The summed E-state index contributed by atoms with van der Waals surface area (Å²) in [6.07, 6.45) is 3.30. The van der Waals surface area contributed by atoms with Gasteiger partial charge in [0.1, 0.15) is 0 Å². The van der Waals surface area contributed by atoms with Crippen molar-refractivity contribution in [3.8, 4) is 0 Å². The molecule has 0 atom stereocenters. The maximum atomic E-state index is 12.5. The van der Waals surface area contributed by atoms with Crippen molar-refractivity contribution in [3.63, 3.8) is 0 Å². The summed E-state index contributed by atoms with van der Waals surface area (Å²) in [6, 6.07) is 22.3. The molecule has 0 radical (unpaired) electrons. The lowest BCUT2D eigenvalue weighted by atomic mass is 10.00. The second-order valence-electron chi connectivity index (χ2n) is 5.84. The number of carbonyl (C=O) groups is 1. The molecule has 0 amide bonds. The van der Waals surface area contributed by atoms with E-state index in [4.69, 9.17) is 0 Å². The summed E-state index contributed by atoms with van der Waals surface area (Å²) in [5, 5.41) is 3.49. The maximum absolute atomic E-state index is 12.5. The van der Waals surface area contributed by atoms with Gasteiger partial charge in [0.25, 0.3) is 0 Å². The molecule has 23 heavy (non-hydrogen) atoms. The molecule has 4 rings (SSSR count). The van der Waals surface area contributed by atoms with Crippen molar-refractivity contribution in [1.82, 2.24) is 4.98 Å². The van der Waals surface area contributed by atoms with Crippen molar-refractivity contribution in [1.29, 1.82) is 0 Å². The van der Waals surface area contributed by atoms with Gasteiger partial charge in [0.2, 0.25) is 0 Å². The van der Waals surface area contributed by atoms with Gasteiger partial charge in [0, 0.05) is 29.1 Å². The summed E-state index contributed by atoms with van der Waals surface area (Å²) in [6.45, 7) is 0. The Morgan fingerprint density at radius 3 is 2.57 bits per heavy atom. The number of aromatic amines is 1. The number of hydrogen-bond acceptors (Lipinski definition) is 1. The van der Waals surface area contributed by atoms with E-state index in [1.54, 1.807) is 0 Å². The van der Waals surface area contributed by atoms with Gasteiger partial charge < -0.3 is 4.98 Å². The van der Waals surface area contributed by atoms with Crippen LogP contribution in [0.3, 0.4) is 0 Å². The minimum Gasteiger partial charge on any atom is -0.361 e. The van der Waals surface area contributed by atoms with Gasteiger partial charge in [0.05, 0.1) is 0 Å². The van der Waals surface area contributed by atoms with Crippen LogP contribution in [0.5, 0.6) is 0 Å². The van der Waals surface area contributed by atoms with Crippen LogP contribution in [0.25, 0.3) is 21.7 Å². The summed E-state index contributed by atoms with van der Waals surface area (Å²) in [7, 11) is 0. The fourth-order valence-electron chi connectivity index (χ4n) is 3.09. The van der Waals surface area contributed by atoms with Crippen LogP contribution in [0.15, 0.2) is 72.9 Å². The molecule has 0 saturated heterocycles. The van der Waals surface area contributed by atoms with Crippen LogP contribution in [0.2, 0.25) is 0 Å². The fourth-order valence-corrected chi connectivity index (χ4v) is 3.09. The largest absolute Gasteiger partial charge is 0.361 e. The normalized spacial score (nSPS) is 11.1. The van der Waals surface area contributed by atoms with Crippen LogP contribution < -0.4 is 0 Å². The third-order valence-electron chi connectivity index (χ3n) is 4.37. The molecular formula is C21H17NO. The van der Waals surface area contributed by atoms with Crippen molar-refractivity contribution in [2.45, 2.75) is 12.8 Å². The van der Waals surface area contributed by atoms with Crippen LogP contribution >= 0.6 is 0 Å². The van der Waals surface area contributed by atoms with E-state index >= 15 is 0 Å². The van der Waals surface area contributed by atoms with Crippen molar-refractivity contribution >= 4 is 27.5 Å². The van der Waals surface area contributed by atoms with Crippen LogP contribution in [0.1, 0.15) is 22.3 Å². The smallest absolute Gasteiger partial charge is 0.163 e. The highest BCUT2D eigenvalue weighted by atomic mass is 16.1. The Bertz CT molecular complexity index is 997. The summed E-state index contributed by atoms with van der Waals surface area (Å²) in [4.78, 5) is 15.8. The van der Waals surface area contributed by atoms with E-state index in [-0.39, 0.29) is 5.78 Å². The molecular weight excluding hydrogens is 282 g/mol. The summed E-state index contributed by atoms with van der Waals surface area (Å²) < 4.78 is 0. The molecule has 0 aliphatic heterocycles. The van der Waals surface area contributed by atoms with Crippen LogP contribution in [0, 0.1) is 0 Å². The molecule has 1 aromatic heterocycles. The van der Waals surface area contributed by atoms with Crippen LogP contribution in [-0.2, 0) is 6.42 Å². The third kappa shape index (κ3) is 2.64. The van der Waals surface area contributed by atoms with Gasteiger partial charge in [-0.05, 0) is 34.9 Å². The quantitative estimate of drug-likeness (QED) is 0.520. The monoisotopic (exact) mass is 299 g/mol. The van der Waals surface area contributed by atoms with E-state index < -0.39 is 0 Å². The number of nitrogens with one attached hydrogen (secondary N) is 1. The molecule has 1 heterocycles. The number of ketones is 1. The molecule has 3 aromatic carbocycles. The van der Waals surface area contributed by atoms with Crippen molar-refractivity contribution < 1.29 is 4.79 Å². The van der Waals surface area contributed by atoms with E-state index in [2.05, 4.69) is 23.2 Å². The van der Waals surface area contributed by atoms with Gasteiger partial charge in [0.15, 0.2) is 5.78 Å². The van der Waals surface area contributed by atoms with Gasteiger partial charge >= 0.3 is 0 Å². The number of Topliss-reactive ketones (excluding diaryl/α,β-unsaturated/α-hetero) is 1. The summed E-state index contributed by atoms with van der Waals surface area (Å²) in [5.74, 6) is 0.195. The van der Waals surface area contributed by atoms with Crippen molar-refractivity contribution in [3.05, 3.63) is 84.1 Å². The van der Waals surface area contributed by atoms with Crippen molar-refractivity contribution in [2.24, 2.45) is 0 Å². The highest BCUT2D eigenvalue weighted by Gasteiger charge is 2.09. The molecule has 0 aliphatic rings. The third-order valence-corrected chi connectivity index (χ3v) is 4.37. The van der Waals surface area contributed by atoms with Gasteiger partial charge in [-0.25, -0.2) is 0 Å². The molecule has 0 bridgehead atoms. The fraction of sp³-hybridized carbons (Fsp3) is 0.0952. The van der Waals surface area contributed by atoms with Gasteiger partial charge in [-0.2, -0.15) is 0 Å². The molecule has 0 unspecified atom stereocenters. The standard InChI is InChI=1S/C21H17NO/c23-21(17-10-9-15-5-1-2-6-16(15)13-17)12-11-18-14-22-20-8-4-3-7-19(18)20/h1-10,13-14,22H,11-12H2. The minimum atomic E-state index is 0.195. The summed E-state index contributed by atoms with van der Waals surface area (Å²) >= 11 is 0. The predicted molar refractivity (Wildman–Crippen MR) is 94.9 cm³/mol. The molecule has 2 heteroatoms. The molecule has 0 saturated carbocycles. The number of rotatable bonds is 4. The number of H-pyrrole nitrogens is 1. The van der Waals surface area contributed by atoms with Crippen molar-refractivity contribution in [2.75, 3.05) is 0 Å². The average Bonchev–Trinajstić information content (AvgIpc) is 3.02. The molecule has 4 aromatic rings. The molecule has 112 valence electrons. The van der Waals surface area contributed by atoms with Crippen LogP contribution in [0.4, 0.5) is 0 Å². The SMILES string of the molecule is O=C(CCc1c[nH]c2ccccc12)c1ccc2ccccc2c1. The summed E-state index contributed by atoms with van der Waals surface area (Å²) in [5.41, 5.74) is 3.12. The maximum Gasteiger partial charge on any atom is 0.163 e. The molecule has 0 fully saturated rings. The van der Waals surface area contributed by atoms with E-state index in [9.17, 15) is 4.79 Å². The first-order chi connectivity index (χ1) is 11.3. The number of para-hydroxylation sites is 1. The van der Waals surface area contributed by atoms with Gasteiger partial charge in [-0.3, -0.25) is 4.79 Å². The number of aryl methyl sites for hydroxylation is 1. The average molecular weight is 299 g/mol. The van der Waals surface area contributed by atoms with E-state index in [0.717, 1.165) is 22.9 Å². The Morgan fingerprint density at radius 1 is 0.870 bits per heavy atom. The highest BCUT2D eigenvalue weighted by Crippen LogP contribution is 2.21. The second kappa shape index (κ2) is 5.73. The minimum absolute atomic E-state index is 0.195. The number of fused-ring (bicyclic) bond motifs is 2. The predicted octanol–water partition coefficient (Wildman–Crippen LogP) is 5.14. The van der Waals surface area contributed by atoms with E-state index in [1.165, 1.54) is 16.3 Å². The number of hydrogen-bond donors (Lipinski definition) is 1. The Kier molecular flexibility index (Phi) is 3.43. The number of aromatic nitrogens is 1. The Morgan fingerprint density at radius 2 is 1.65 bits per heavy atom. The van der Waals surface area contributed by atoms with Crippen LogP contribution in [-0.4, -0.2) is 10.8 Å². The van der Waals surface area contributed by atoms with Gasteiger partial charge in [-0.15, -0.1) is 0 Å². The molecule has 1 N–H and O–H groups in total. The zero-order valence-electron chi connectivity index (χ0n) is 12.8. The number of benzene rings is 3.